The van der Waals surface area contributed by atoms with Crippen molar-refractivity contribution in [2.24, 2.45) is 11.7 Å². The van der Waals surface area contributed by atoms with Crippen LogP contribution in [0.25, 0.3) is 11.3 Å². The summed E-state index contributed by atoms with van der Waals surface area (Å²) < 4.78 is 1.33. The molecule has 0 atom stereocenters. The van der Waals surface area contributed by atoms with E-state index in [1.54, 1.807) is 6.92 Å². The summed E-state index contributed by atoms with van der Waals surface area (Å²) in [7, 11) is 0. The Kier molecular flexibility index (Phi) is 4.43. The lowest BCUT2D eigenvalue weighted by Gasteiger charge is -2.13. The van der Waals surface area contributed by atoms with Crippen molar-refractivity contribution in [3.63, 3.8) is 0 Å². The summed E-state index contributed by atoms with van der Waals surface area (Å²) in [5, 5.41) is 14.5. The van der Waals surface area contributed by atoms with Crippen LogP contribution in [0.4, 0.5) is 0 Å². The molecule has 1 aromatic heterocycles. The van der Waals surface area contributed by atoms with Crippen LogP contribution < -0.4 is 11.3 Å². The lowest BCUT2D eigenvalue weighted by atomic mass is 10.0. The second-order valence-corrected chi connectivity index (χ2v) is 5.60. The Balaban J connectivity index is 2.56. The van der Waals surface area contributed by atoms with E-state index >= 15 is 0 Å². The summed E-state index contributed by atoms with van der Waals surface area (Å²) in [5.41, 5.74) is 8.15. The number of aromatic hydroxyl groups is 1. The van der Waals surface area contributed by atoms with Gasteiger partial charge in [0.1, 0.15) is 0 Å². The van der Waals surface area contributed by atoms with E-state index in [1.165, 1.54) is 4.68 Å². The molecule has 5 heteroatoms. The molecule has 112 valence electrons. The number of nitrogens with two attached hydrogens (primary N) is 1. The molecule has 0 aliphatic heterocycles. The van der Waals surface area contributed by atoms with Crippen LogP contribution in [-0.4, -0.2) is 14.9 Å². The van der Waals surface area contributed by atoms with Gasteiger partial charge < -0.3 is 10.8 Å². The monoisotopic (exact) mass is 287 g/mol. The van der Waals surface area contributed by atoms with Gasteiger partial charge >= 0.3 is 5.56 Å². The van der Waals surface area contributed by atoms with Gasteiger partial charge in [0, 0.05) is 24.2 Å². The van der Waals surface area contributed by atoms with Crippen LogP contribution in [0.5, 0.6) is 5.75 Å². The molecule has 0 aliphatic carbocycles. The first-order chi connectivity index (χ1) is 9.93. The Labute approximate surface area is 124 Å². The van der Waals surface area contributed by atoms with Crippen LogP contribution >= 0.6 is 0 Å². The third-order valence-electron chi connectivity index (χ3n) is 3.37. The van der Waals surface area contributed by atoms with Gasteiger partial charge in [-0.25, -0.2) is 4.68 Å². The first-order valence-corrected chi connectivity index (χ1v) is 7.04. The van der Waals surface area contributed by atoms with E-state index in [4.69, 9.17) is 5.73 Å². The van der Waals surface area contributed by atoms with Gasteiger partial charge in [0.25, 0.3) is 0 Å². The predicted molar refractivity (Wildman–Crippen MR) is 83.1 cm³/mol. The molecule has 0 radical (unpaired) electrons. The number of aromatic nitrogens is 2. The maximum Gasteiger partial charge on any atom is 0.309 e. The smallest absolute Gasteiger partial charge is 0.309 e. The predicted octanol–water partition coefficient (Wildman–Crippen LogP) is 2.04. The third-order valence-corrected chi connectivity index (χ3v) is 3.37. The highest BCUT2D eigenvalue weighted by Crippen LogP contribution is 2.25. The van der Waals surface area contributed by atoms with Crippen molar-refractivity contribution >= 4 is 0 Å². The van der Waals surface area contributed by atoms with Crippen LogP contribution in [0, 0.1) is 12.8 Å². The second-order valence-electron chi connectivity index (χ2n) is 5.60. The van der Waals surface area contributed by atoms with Crippen molar-refractivity contribution in [3.05, 3.63) is 45.7 Å². The number of rotatable bonds is 4. The molecule has 1 aromatic carbocycles. The molecule has 2 rings (SSSR count). The normalized spacial score (nSPS) is 11.1. The molecule has 0 bridgehead atoms. The molecule has 0 saturated carbocycles. The molecule has 0 amide bonds. The minimum absolute atomic E-state index is 0.233. The fourth-order valence-corrected chi connectivity index (χ4v) is 2.18. The Morgan fingerprint density at radius 3 is 2.43 bits per heavy atom. The lowest BCUT2D eigenvalue weighted by Crippen LogP contribution is -2.26. The fraction of sp³-hybridized carbons (Fsp3) is 0.375. The van der Waals surface area contributed by atoms with Crippen molar-refractivity contribution in [1.29, 1.82) is 0 Å². The topological polar surface area (TPSA) is 81.1 Å². The van der Waals surface area contributed by atoms with Crippen LogP contribution in [0.1, 0.15) is 25.0 Å². The van der Waals surface area contributed by atoms with Crippen LogP contribution in [0.3, 0.4) is 0 Å². The van der Waals surface area contributed by atoms with E-state index < -0.39 is 5.56 Å². The summed E-state index contributed by atoms with van der Waals surface area (Å²) in [5.74, 6) is 0.0355. The van der Waals surface area contributed by atoms with Crippen molar-refractivity contribution in [2.75, 3.05) is 0 Å². The molecule has 1 heterocycles. The standard InChI is InChI=1S/C16H21N3O2/c1-10(2)9-19-16(21)15(20)11(3)14(18-19)13-6-4-12(8-17)5-7-13/h4-7,10,20H,8-9,17H2,1-3H3. The molecule has 0 spiro atoms. The second kappa shape index (κ2) is 6.10. The number of benzene rings is 1. The minimum Gasteiger partial charge on any atom is -0.503 e. The highest BCUT2D eigenvalue weighted by Gasteiger charge is 2.15. The van der Waals surface area contributed by atoms with Gasteiger partial charge in [-0.05, 0) is 18.4 Å². The molecule has 2 aromatic rings. The van der Waals surface area contributed by atoms with Crippen molar-refractivity contribution < 1.29 is 5.11 Å². The average molecular weight is 287 g/mol. The Morgan fingerprint density at radius 1 is 1.29 bits per heavy atom. The quantitative estimate of drug-likeness (QED) is 0.901. The molecule has 5 nitrogen and oxygen atoms in total. The van der Waals surface area contributed by atoms with E-state index in [1.807, 2.05) is 38.1 Å². The van der Waals surface area contributed by atoms with Crippen molar-refractivity contribution in [3.8, 4) is 17.0 Å². The highest BCUT2D eigenvalue weighted by atomic mass is 16.3. The SMILES string of the molecule is Cc1c(-c2ccc(CN)cc2)nn(CC(C)C)c(=O)c1O. The Hall–Kier alpha value is -2.14. The molecule has 0 saturated heterocycles. The summed E-state index contributed by atoms with van der Waals surface area (Å²) in [6.45, 7) is 6.66. The summed E-state index contributed by atoms with van der Waals surface area (Å²) in [6.07, 6.45) is 0. The third kappa shape index (κ3) is 3.13. The highest BCUT2D eigenvalue weighted by molar-refractivity contribution is 5.64. The first kappa shape index (κ1) is 15.3. The van der Waals surface area contributed by atoms with Gasteiger partial charge in [0.05, 0.1) is 5.69 Å². The van der Waals surface area contributed by atoms with Gasteiger partial charge in [-0.3, -0.25) is 4.79 Å². The van der Waals surface area contributed by atoms with Crippen molar-refractivity contribution in [1.82, 2.24) is 9.78 Å². The van der Waals surface area contributed by atoms with Crippen LogP contribution in [0.15, 0.2) is 29.1 Å². The fourth-order valence-electron chi connectivity index (χ4n) is 2.18. The molecule has 0 fully saturated rings. The molecular formula is C16H21N3O2. The van der Waals surface area contributed by atoms with Gasteiger partial charge in [0.15, 0.2) is 5.75 Å². The Bertz CT molecular complexity index is 688. The summed E-state index contributed by atoms with van der Waals surface area (Å²) in [4.78, 5) is 12.0. The summed E-state index contributed by atoms with van der Waals surface area (Å²) >= 11 is 0. The van der Waals surface area contributed by atoms with E-state index in [-0.39, 0.29) is 11.7 Å². The maximum absolute atomic E-state index is 12.0. The molecular weight excluding hydrogens is 266 g/mol. The largest absolute Gasteiger partial charge is 0.503 e. The first-order valence-electron chi connectivity index (χ1n) is 7.04. The number of hydrogen-bond acceptors (Lipinski definition) is 4. The lowest BCUT2D eigenvalue weighted by molar-refractivity contribution is 0.417. The number of hydrogen-bond donors (Lipinski definition) is 2. The van der Waals surface area contributed by atoms with Gasteiger partial charge in [-0.15, -0.1) is 0 Å². The van der Waals surface area contributed by atoms with Crippen LogP contribution in [0.2, 0.25) is 0 Å². The van der Waals surface area contributed by atoms with Gasteiger partial charge in [0.2, 0.25) is 0 Å². The molecule has 21 heavy (non-hydrogen) atoms. The number of nitrogens with zero attached hydrogens (tertiary/aromatic N) is 2. The van der Waals surface area contributed by atoms with E-state index in [9.17, 15) is 9.90 Å². The molecule has 0 aliphatic rings. The van der Waals surface area contributed by atoms with E-state index in [2.05, 4.69) is 5.10 Å². The van der Waals surface area contributed by atoms with E-state index in [0.717, 1.165) is 11.1 Å². The van der Waals surface area contributed by atoms with Gasteiger partial charge in [-0.1, -0.05) is 38.1 Å². The minimum atomic E-state index is -0.441. The summed E-state index contributed by atoms with van der Waals surface area (Å²) in [6, 6.07) is 7.65. The zero-order valence-corrected chi connectivity index (χ0v) is 12.6. The molecule has 3 N–H and O–H groups in total. The van der Waals surface area contributed by atoms with Gasteiger partial charge in [-0.2, -0.15) is 5.10 Å². The van der Waals surface area contributed by atoms with Crippen molar-refractivity contribution in [2.45, 2.75) is 33.9 Å². The van der Waals surface area contributed by atoms with Crippen LogP contribution in [-0.2, 0) is 13.1 Å². The molecule has 0 unspecified atom stereocenters. The average Bonchev–Trinajstić information content (AvgIpc) is 2.47. The maximum atomic E-state index is 12.0. The Morgan fingerprint density at radius 2 is 1.90 bits per heavy atom. The zero-order chi connectivity index (χ0) is 15.6. The van der Waals surface area contributed by atoms with E-state index in [0.29, 0.717) is 24.3 Å². The zero-order valence-electron chi connectivity index (χ0n) is 12.6.